The lowest BCUT2D eigenvalue weighted by molar-refractivity contribution is -0.384. The van der Waals surface area contributed by atoms with Crippen molar-refractivity contribution in [1.29, 1.82) is 10.5 Å². The van der Waals surface area contributed by atoms with E-state index in [0.29, 0.717) is 11.4 Å². The summed E-state index contributed by atoms with van der Waals surface area (Å²) < 4.78 is 3.12. The van der Waals surface area contributed by atoms with Gasteiger partial charge in [-0.2, -0.15) is 15.6 Å². The third-order valence-electron chi connectivity index (χ3n) is 4.83. The molecule has 4 rings (SSSR count). The summed E-state index contributed by atoms with van der Waals surface area (Å²) in [6, 6.07) is 22.9. The van der Waals surface area contributed by atoms with E-state index in [-0.39, 0.29) is 28.3 Å². The van der Waals surface area contributed by atoms with Gasteiger partial charge in [0.2, 0.25) is 0 Å². The molecule has 0 radical (unpaired) electrons. The molecule has 0 aliphatic carbocycles. The second-order valence-corrected chi connectivity index (χ2v) is 6.73. The molecule has 2 N–H and O–H groups in total. The molecule has 4 aromatic rings. The summed E-state index contributed by atoms with van der Waals surface area (Å²) in [6.45, 7) is 0. The topological polar surface area (TPSA) is 139 Å². The number of para-hydroxylation sites is 1. The van der Waals surface area contributed by atoms with Gasteiger partial charge in [-0.1, -0.05) is 18.2 Å². The zero-order valence-electron chi connectivity index (χ0n) is 16.6. The second-order valence-electron chi connectivity index (χ2n) is 6.73. The molecule has 0 saturated heterocycles. The number of non-ortho nitro benzene ring substituents is 1. The van der Waals surface area contributed by atoms with E-state index in [1.807, 2.05) is 30.3 Å². The summed E-state index contributed by atoms with van der Waals surface area (Å²) in [5, 5.41) is 34.8. The third-order valence-corrected chi connectivity index (χ3v) is 4.83. The molecule has 0 spiro atoms. The Balaban J connectivity index is 1.79. The van der Waals surface area contributed by atoms with Gasteiger partial charge in [0, 0.05) is 24.5 Å². The lowest BCUT2D eigenvalue weighted by Gasteiger charge is -2.05. The predicted octanol–water partition coefficient (Wildman–Crippen LogP) is 4.22. The van der Waals surface area contributed by atoms with Crippen LogP contribution in [0.15, 0.2) is 72.9 Å². The first kappa shape index (κ1) is 20.1. The number of nitro groups is 1. The van der Waals surface area contributed by atoms with Crippen molar-refractivity contribution in [3.63, 3.8) is 0 Å². The molecular weight excluding hydrogens is 406 g/mol. The number of aromatic nitrogens is 3. The van der Waals surface area contributed by atoms with Crippen LogP contribution in [0.2, 0.25) is 0 Å². The van der Waals surface area contributed by atoms with Gasteiger partial charge in [0.1, 0.15) is 29.2 Å². The van der Waals surface area contributed by atoms with Gasteiger partial charge in [-0.15, -0.1) is 0 Å². The molecule has 0 unspecified atom stereocenters. The molecule has 0 aliphatic rings. The highest BCUT2D eigenvalue weighted by molar-refractivity contribution is 5.88. The summed E-state index contributed by atoms with van der Waals surface area (Å²) >= 11 is 0. The number of hydrogen-bond acceptors (Lipinski definition) is 6. The van der Waals surface area contributed by atoms with Crippen molar-refractivity contribution in [1.82, 2.24) is 14.3 Å². The summed E-state index contributed by atoms with van der Waals surface area (Å²) in [5.74, 6) is 0.137. The van der Waals surface area contributed by atoms with E-state index in [1.54, 1.807) is 47.3 Å². The van der Waals surface area contributed by atoms with Crippen LogP contribution in [-0.2, 0) is 0 Å². The van der Waals surface area contributed by atoms with Crippen LogP contribution in [0, 0.1) is 32.8 Å². The molecule has 2 aromatic carbocycles. The van der Waals surface area contributed by atoms with Crippen LogP contribution in [0.25, 0.3) is 28.7 Å². The number of anilines is 1. The van der Waals surface area contributed by atoms with E-state index < -0.39 is 4.92 Å². The fourth-order valence-electron chi connectivity index (χ4n) is 3.28. The van der Waals surface area contributed by atoms with Crippen molar-refractivity contribution in [3.8, 4) is 29.1 Å². The van der Waals surface area contributed by atoms with E-state index >= 15 is 0 Å². The van der Waals surface area contributed by atoms with E-state index in [9.17, 15) is 20.6 Å². The Kier molecular flexibility index (Phi) is 5.22. The number of nitrogens with two attached hydrogens (primary N) is 1. The van der Waals surface area contributed by atoms with Crippen molar-refractivity contribution < 1.29 is 4.92 Å². The summed E-state index contributed by atoms with van der Waals surface area (Å²) in [4.78, 5) is 10.4. The highest BCUT2D eigenvalue weighted by Crippen LogP contribution is 2.28. The maximum Gasteiger partial charge on any atom is 0.269 e. The Morgan fingerprint density at radius 3 is 2.41 bits per heavy atom. The maximum absolute atomic E-state index is 10.9. The number of nitriles is 2. The minimum atomic E-state index is -0.465. The number of nitrogen functional groups attached to an aromatic ring is 1. The van der Waals surface area contributed by atoms with E-state index in [0.717, 1.165) is 5.56 Å². The molecule has 2 aromatic heterocycles. The van der Waals surface area contributed by atoms with Crippen LogP contribution in [0.4, 0.5) is 11.5 Å². The second kappa shape index (κ2) is 8.30. The van der Waals surface area contributed by atoms with Crippen molar-refractivity contribution in [2.45, 2.75) is 0 Å². The lowest BCUT2D eigenvalue weighted by Crippen LogP contribution is -2.02. The highest BCUT2D eigenvalue weighted by Gasteiger charge is 2.20. The largest absolute Gasteiger partial charge is 0.382 e. The van der Waals surface area contributed by atoms with Crippen molar-refractivity contribution in [3.05, 3.63) is 94.3 Å². The van der Waals surface area contributed by atoms with Crippen LogP contribution < -0.4 is 5.73 Å². The minimum absolute atomic E-state index is 0.0132. The fraction of sp³-hybridized carbons (Fsp3) is 0. The first-order valence-corrected chi connectivity index (χ1v) is 9.41. The molecule has 0 bridgehead atoms. The van der Waals surface area contributed by atoms with Crippen LogP contribution in [-0.4, -0.2) is 19.3 Å². The maximum atomic E-state index is 10.9. The molecular formula is C23H15N7O2. The number of benzene rings is 2. The van der Waals surface area contributed by atoms with Crippen molar-refractivity contribution >= 4 is 23.3 Å². The molecule has 154 valence electrons. The van der Waals surface area contributed by atoms with Crippen LogP contribution >= 0.6 is 0 Å². The van der Waals surface area contributed by atoms with Crippen molar-refractivity contribution in [2.75, 3.05) is 5.73 Å². The van der Waals surface area contributed by atoms with Gasteiger partial charge in [0.15, 0.2) is 0 Å². The Labute approximate surface area is 182 Å². The molecule has 0 amide bonds. The monoisotopic (exact) mass is 421 g/mol. The van der Waals surface area contributed by atoms with E-state index in [4.69, 9.17) is 5.73 Å². The van der Waals surface area contributed by atoms with Gasteiger partial charge in [-0.3, -0.25) is 10.1 Å². The Hall–Kier alpha value is -5.15. The smallest absolute Gasteiger partial charge is 0.269 e. The lowest BCUT2D eigenvalue weighted by atomic mass is 10.1. The predicted molar refractivity (Wildman–Crippen MR) is 119 cm³/mol. The quantitative estimate of drug-likeness (QED) is 0.291. The number of nitro benzene ring substituents is 1. The number of nitrogens with zero attached hydrogens (tertiary/aromatic N) is 6. The number of allylic oxidation sites excluding steroid dienone is 1. The van der Waals surface area contributed by atoms with Gasteiger partial charge >= 0.3 is 0 Å². The van der Waals surface area contributed by atoms with Crippen LogP contribution in [0.5, 0.6) is 0 Å². The summed E-state index contributed by atoms with van der Waals surface area (Å²) in [6.07, 6.45) is 3.28. The fourth-order valence-corrected chi connectivity index (χ4v) is 3.28. The van der Waals surface area contributed by atoms with Crippen molar-refractivity contribution in [2.24, 2.45) is 0 Å². The molecule has 0 atom stereocenters. The summed E-state index contributed by atoms with van der Waals surface area (Å²) in [7, 11) is 0. The zero-order chi connectivity index (χ0) is 22.7. The molecule has 9 heteroatoms. The van der Waals surface area contributed by atoms with Gasteiger partial charge in [0.05, 0.1) is 21.9 Å². The van der Waals surface area contributed by atoms with E-state index in [1.165, 1.54) is 16.8 Å². The molecule has 0 aliphatic heterocycles. The molecule has 2 heterocycles. The molecule has 0 saturated carbocycles. The molecule has 32 heavy (non-hydrogen) atoms. The van der Waals surface area contributed by atoms with Gasteiger partial charge in [-0.05, 0) is 42.0 Å². The molecule has 0 fully saturated rings. The zero-order valence-corrected chi connectivity index (χ0v) is 16.6. The van der Waals surface area contributed by atoms with Gasteiger partial charge in [-0.25, -0.2) is 4.68 Å². The Bertz CT molecular complexity index is 1420. The van der Waals surface area contributed by atoms with E-state index in [2.05, 4.69) is 11.2 Å². The molecule has 9 nitrogen and oxygen atoms in total. The van der Waals surface area contributed by atoms with Crippen LogP contribution in [0.3, 0.4) is 0 Å². The first-order chi connectivity index (χ1) is 15.5. The average molecular weight is 421 g/mol. The standard InChI is InChI=1S/C23H15N7O2/c24-13-17(22-20(14-25)23(26)29(27-22)18-5-2-1-3-6-18)15-28-12-4-7-21(28)16-8-10-19(11-9-16)30(31)32/h1-12,15H,26H2. The minimum Gasteiger partial charge on any atom is -0.382 e. The van der Waals surface area contributed by atoms with Crippen LogP contribution in [0.1, 0.15) is 11.3 Å². The Morgan fingerprint density at radius 1 is 1.06 bits per heavy atom. The van der Waals surface area contributed by atoms with Gasteiger partial charge < -0.3 is 10.3 Å². The normalized spacial score (nSPS) is 11.0. The average Bonchev–Trinajstić information content (AvgIpc) is 3.42. The summed E-state index contributed by atoms with van der Waals surface area (Å²) in [5.41, 5.74) is 8.65. The SMILES string of the molecule is N#CC(=Cn1cccc1-c1ccc([N+](=O)[O-])cc1)c1nn(-c2ccccc2)c(N)c1C#N. The number of hydrogen-bond donors (Lipinski definition) is 1. The first-order valence-electron chi connectivity index (χ1n) is 9.41. The van der Waals surface area contributed by atoms with Gasteiger partial charge in [0.25, 0.3) is 5.69 Å². The third kappa shape index (κ3) is 3.58. The Morgan fingerprint density at radius 2 is 1.78 bits per heavy atom. The number of rotatable bonds is 5. The highest BCUT2D eigenvalue weighted by atomic mass is 16.6.